The first-order chi connectivity index (χ1) is 2.91. The molecule has 0 aliphatic heterocycles. The van der Waals surface area contributed by atoms with Crippen molar-refractivity contribution in [1.29, 1.82) is 0 Å². The van der Waals surface area contributed by atoms with E-state index in [4.69, 9.17) is 0 Å². The lowest BCUT2D eigenvalue weighted by Gasteiger charge is -1.76. The summed E-state index contributed by atoms with van der Waals surface area (Å²) < 4.78 is 11.0. The molecule has 0 saturated carbocycles. The molecule has 36 valence electrons. The molecule has 0 rings (SSSR count). The van der Waals surface area contributed by atoms with Crippen LogP contribution in [0.5, 0.6) is 0 Å². The van der Waals surface area contributed by atoms with Crippen molar-refractivity contribution in [2.75, 3.05) is 6.67 Å². The molecule has 1 nitrogen and oxygen atoms in total. The van der Waals surface area contributed by atoms with Gasteiger partial charge in [-0.05, 0) is 6.42 Å². The summed E-state index contributed by atoms with van der Waals surface area (Å²) in [7, 11) is 0. The largest absolute Gasteiger partial charge is 0.303 e. The van der Waals surface area contributed by atoms with Gasteiger partial charge < -0.3 is 4.79 Å². The molecule has 0 fully saturated rings. The summed E-state index contributed by atoms with van der Waals surface area (Å²) in [5, 5.41) is 0. The van der Waals surface area contributed by atoms with Crippen molar-refractivity contribution in [3.8, 4) is 0 Å². The molecule has 0 N–H and O–H groups in total. The van der Waals surface area contributed by atoms with Crippen LogP contribution in [0.1, 0.15) is 12.8 Å². The van der Waals surface area contributed by atoms with E-state index in [0.29, 0.717) is 12.8 Å². The number of unbranched alkanes of at least 4 members (excludes halogenated alkanes) is 1. The summed E-state index contributed by atoms with van der Waals surface area (Å²) in [6.45, 7) is -0.376. The second kappa shape index (κ2) is 4.60. The minimum atomic E-state index is -0.376. The minimum Gasteiger partial charge on any atom is -0.303 e. The van der Waals surface area contributed by atoms with Crippen LogP contribution in [0.4, 0.5) is 4.39 Å². The van der Waals surface area contributed by atoms with E-state index in [1.807, 2.05) is 0 Å². The number of carbonyl (C=O) groups excluding carboxylic acids is 1. The predicted molar refractivity (Wildman–Crippen MR) is 21.3 cm³/mol. The van der Waals surface area contributed by atoms with Crippen molar-refractivity contribution in [2.45, 2.75) is 12.8 Å². The van der Waals surface area contributed by atoms with E-state index in [1.54, 1.807) is 0 Å². The highest BCUT2D eigenvalue weighted by atomic mass is 19.1. The lowest BCUT2D eigenvalue weighted by molar-refractivity contribution is -0.108. The maximum Gasteiger partial charge on any atom is 0.120 e. The van der Waals surface area contributed by atoms with Crippen LogP contribution in [0.3, 0.4) is 0 Å². The fraction of sp³-hybridized carbons (Fsp3) is 0.750. The number of carbonyl (C=O) groups is 1. The number of hydrogen-bond acceptors (Lipinski definition) is 1. The molecule has 2 heteroatoms. The quantitative estimate of drug-likeness (QED) is 0.372. The molecule has 6 heavy (non-hydrogen) atoms. The summed E-state index contributed by atoms with van der Waals surface area (Å²) in [5.74, 6) is 0. The lowest BCUT2D eigenvalue weighted by Crippen LogP contribution is -1.75. The molecule has 0 spiro atoms. The molecule has 0 aliphatic rings. The zero-order chi connectivity index (χ0) is 4.83. The SMILES string of the molecule is O=CCCCF. The van der Waals surface area contributed by atoms with Gasteiger partial charge in [0.1, 0.15) is 6.29 Å². The number of halogens is 1. The van der Waals surface area contributed by atoms with Crippen molar-refractivity contribution in [1.82, 2.24) is 0 Å². The number of hydrogen-bond donors (Lipinski definition) is 0. The molecule has 0 bridgehead atoms. The van der Waals surface area contributed by atoms with Crippen LogP contribution in [-0.4, -0.2) is 13.0 Å². The Balaban J connectivity index is 2.49. The van der Waals surface area contributed by atoms with Crippen LogP contribution in [-0.2, 0) is 4.79 Å². The monoisotopic (exact) mass is 90.0 g/mol. The van der Waals surface area contributed by atoms with Gasteiger partial charge in [0.25, 0.3) is 0 Å². The van der Waals surface area contributed by atoms with Crippen LogP contribution in [0.2, 0.25) is 0 Å². The average Bonchev–Trinajstić information content (AvgIpc) is 1.61. The topological polar surface area (TPSA) is 17.1 Å². The van der Waals surface area contributed by atoms with Gasteiger partial charge in [0, 0.05) is 6.42 Å². The van der Waals surface area contributed by atoms with Gasteiger partial charge in [-0.2, -0.15) is 0 Å². The van der Waals surface area contributed by atoms with E-state index in [0.717, 1.165) is 6.29 Å². The molecule has 0 amide bonds. The first kappa shape index (κ1) is 5.60. The van der Waals surface area contributed by atoms with Gasteiger partial charge >= 0.3 is 0 Å². The van der Waals surface area contributed by atoms with E-state index in [1.165, 1.54) is 0 Å². The Hall–Kier alpha value is -0.400. The number of rotatable bonds is 3. The third kappa shape index (κ3) is 3.60. The number of aldehydes is 1. The Bertz CT molecular complexity index is 36.5. The summed E-state index contributed by atoms with van der Waals surface area (Å²) >= 11 is 0. The third-order valence-corrected chi connectivity index (χ3v) is 0.456. The molecule has 0 unspecified atom stereocenters. The fourth-order valence-electron chi connectivity index (χ4n) is 0.160. The molecule has 0 saturated heterocycles. The Labute approximate surface area is 36.2 Å². The van der Waals surface area contributed by atoms with Crippen LogP contribution in [0, 0.1) is 0 Å². The molecular formula is C4H7FO. The van der Waals surface area contributed by atoms with Crippen LogP contribution in [0.15, 0.2) is 0 Å². The van der Waals surface area contributed by atoms with E-state index < -0.39 is 0 Å². The van der Waals surface area contributed by atoms with Gasteiger partial charge in [-0.3, -0.25) is 4.39 Å². The first-order valence-corrected chi connectivity index (χ1v) is 1.91. The van der Waals surface area contributed by atoms with Gasteiger partial charge in [-0.15, -0.1) is 0 Å². The zero-order valence-electron chi connectivity index (χ0n) is 3.48. The molecule has 0 aromatic rings. The summed E-state index contributed by atoms with van der Waals surface area (Å²) in [5.41, 5.74) is 0. The lowest BCUT2D eigenvalue weighted by atomic mass is 10.4. The van der Waals surface area contributed by atoms with Gasteiger partial charge in [-0.25, -0.2) is 0 Å². The zero-order valence-corrected chi connectivity index (χ0v) is 3.48. The molecule has 0 aliphatic carbocycles. The van der Waals surface area contributed by atoms with Crippen molar-refractivity contribution in [3.63, 3.8) is 0 Å². The molecule has 0 heterocycles. The number of alkyl halides is 1. The maximum absolute atomic E-state index is 11.0. The van der Waals surface area contributed by atoms with Crippen LogP contribution >= 0.6 is 0 Å². The summed E-state index contributed by atoms with van der Waals surface area (Å²) in [6.07, 6.45) is 1.46. The average molecular weight is 90.1 g/mol. The van der Waals surface area contributed by atoms with Crippen LogP contribution < -0.4 is 0 Å². The highest BCUT2D eigenvalue weighted by Crippen LogP contribution is 1.81. The smallest absolute Gasteiger partial charge is 0.120 e. The van der Waals surface area contributed by atoms with Gasteiger partial charge in [0.15, 0.2) is 0 Å². The highest BCUT2D eigenvalue weighted by Gasteiger charge is 1.77. The van der Waals surface area contributed by atoms with Gasteiger partial charge in [0.2, 0.25) is 0 Å². The maximum atomic E-state index is 11.0. The molecule has 0 atom stereocenters. The molecule has 0 aromatic heterocycles. The first-order valence-electron chi connectivity index (χ1n) is 1.91. The Morgan fingerprint density at radius 1 is 1.67 bits per heavy atom. The van der Waals surface area contributed by atoms with Gasteiger partial charge in [-0.1, -0.05) is 0 Å². The van der Waals surface area contributed by atoms with E-state index >= 15 is 0 Å². The van der Waals surface area contributed by atoms with Crippen molar-refractivity contribution >= 4 is 6.29 Å². The highest BCUT2D eigenvalue weighted by molar-refractivity contribution is 5.48. The van der Waals surface area contributed by atoms with E-state index in [2.05, 4.69) is 0 Å². The van der Waals surface area contributed by atoms with E-state index in [9.17, 15) is 9.18 Å². The molecule has 0 aromatic carbocycles. The Morgan fingerprint density at radius 2 is 2.33 bits per heavy atom. The second-order valence-electron chi connectivity index (χ2n) is 0.998. The standard InChI is InChI=1S/C4H7FO/c5-3-1-2-4-6/h4H,1-3H2. The third-order valence-electron chi connectivity index (χ3n) is 0.456. The van der Waals surface area contributed by atoms with E-state index in [-0.39, 0.29) is 6.67 Å². The minimum absolute atomic E-state index is 0.358. The normalized spacial score (nSPS) is 8.17. The summed E-state index contributed by atoms with van der Waals surface area (Å²) in [6, 6.07) is 0. The Morgan fingerprint density at radius 3 is 2.50 bits per heavy atom. The summed E-state index contributed by atoms with van der Waals surface area (Å²) in [4.78, 5) is 9.40. The fourth-order valence-corrected chi connectivity index (χ4v) is 0.160. The molecular weight excluding hydrogens is 83.0 g/mol. The van der Waals surface area contributed by atoms with Crippen molar-refractivity contribution < 1.29 is 9.18 Å². The second-order valence-corrected chi connectivity index (χ2v) is 0.998. The van der Waals surface area contributed by atoms with Crippen LogP contribution in [0.25, 0.3) is 0 Å². The molecule has 0 radical (unpaired) electrons. The predicted octanol–water partition coefficient (Wildman–Crippen LogP) is 0.935. The Kier molecular flexibility index (Phi) is 4.29. The van der Waals surface area contributed by atoms with Crippen molar-refractivity contribution in [2.24, 2.45) is 0 Å². The van der Waals surface area contributed by atoms with Crippen molar-refractivity contribution in [3.05, 3.63) is 0 Å². The van der Waals surface area contributed by atoms with Gasteiger partial charge in [0.05, 0.1) is 6.67 Å².